The monoisotopic (exact) mass is 293 g/mol. The van der Waals surface area contributed by atoms with E-state index >= 15 is 0 Å². The van der Waals surface area contributed by atoms with Crippen LogP contribution in [0.5, 0.6) is 0 Å². The van der Waals surface area contributed by atoms with Gasteiger partial charge in [-0.25, -0.2) is 0 Å². The Morgan fingerprint density at radius 3 is 3.05 bits per heavy atom. The molecule has 2 heterocycles. The largest absolute Gasteiger partial charge is 0.467 e. The maximum Gasteiger partial charge on any atom is 0.129 e. The van der Waals surface area contributed by atoms with E-state index in [1.54, 1.807) is 11.3 Å². The molecule has 110 valence electrons. The van der Waals surface area contributed by atoms with E-state index in [4.69, 9.17) is 9.15 Å². The Balaban J connectivity index is 1.62. The maximum atomic E-state index is 5.64. The zero-order valence-electron chi connectivity index (χ0n) is 12.2. The van der Waals surface area contributed by atoms with Crippen molar-refractivity contribution < 1.29 is 9.15 Å². The summed E-state index contributed by atoms with van der Waals surface area (Å²) in [6.07, 6.45) is 2.78. The predicted molar refractivity (Wildman–Crippen MR) is 82.9 cm³/mol. The van der Waals surface area contributed by atoms with Crippen LogP contribution in [0.3, 0.4) is 0 Å². The highest BCUT2D eigenvalue weighted by Gasteiger charge is 2.03. The summed E-state index contributed by atoms with van der Waals surface area (Å²) < 4.78 is 11.1. The number of rotatable bonds is 9. The maximum absolute atomic E-state index is 5.64. The topological polar surface area (TPSA) is 34.4 Å². The molecular formula is C16H23NO2S. The fraction of sp³-hybridized carbons (Fsp3) is 0.500. The van der Waals surface area contributed by atoms with Gasteiger partial charge in [-0.3, -0.25) is 0 Å². The van der Waals surface area contributed by atoms with E-state index in [9.17, 15) is 0 Å². The predicted octanol–water partition coefficient (Wildman–Crippen LogP) is 3.85. The third kappa shape index (κ3) is 5.49. The lowest BCUT2D eigenvalue weighted by Gasteiger charge is -2.04. The second-order valence-corrected chi connectivity index (χ2v) is 6.36. The second kappa shape index (κ2) is 8.25. The minimum atomic E-state index is 0.551. The summed E-state index contributed by atoms with van der Waals surface area (Å²) >= 11 is 1.77. The molecule has 0 aromatic carbocycles. The molecule has 0 aliphatic rings. The molecule has 20 heavy (non-hydrogen) atoms. The molecule has 2 aromatic rings. The molecule has 0 amide bonds. The van der Waals surface area contributed by atoms with Gasteiger partial charge in [0, 0.05) is 23.4 Å². The Bertz CT molecular complexity index is 476. The highest BCUT2D eigenvalue weighted by Crippen LogP contribution is 2.11. The van der Waals surface area contributed by atoms with E-state index in [0.717, 1.165) is 31.9 Å². The first kappa shape index (κ1) is 15.3. The van der Waals surface area contributed by atoms with Crippen LogP contribution in [0.2, 0.25) is 0 Å². The third-order valence-corrected chi connectivity index (χ3v) is 3.84. The lowest BCUT2D eigenvalue weighted by atomic mass is 10.2. The zero-order valence-corrected chi connectivity index (χ0v) is 13.0. The highest BCUT2D eigenvalue weighted by atomic mass is 32.1. The number of thiophene rings is 1. The highest BCUT2D eigenvalue weighted by molar-refractivity contribution is 7.09. The molecule has 0 unspecified atom stereocenters. The molecule has 0 bridgehead atoms. The lowest BCUT2D eigenvalue weighted by molar-refractivity contribution is 0.109. The number of hydrogen-bond donors (Lipinski definition) is 1. The molecule has 3 nitrogen and oxygen atoms in total. The van der Waals surface area contributed by atoms with E-state index in [-0.39, 0.29) is 0 Å². The van der Waals surface area contributed by atoms with Crippen molar-refractivity contribution in [2.45, 2.75) is 33.4 Å². The van der Waals surface area contributed by atoms with Gasteiger partial charge in [-0.15, -0.1) is 11.3 Å². The number of hydrogen-bond acceptors (Lipinski definition) is 4. The van der Waals surface area contributed by atoms with Crippen LogP contribution < -0.4 is 5.32 Å². The molecule has 0 saturated heterocycles. The van der Waals surface area contributed by atoms with Gasteiger partial charge in [0.05, 0.1) is 12.9 Å². The van der Waals surface area contributed by atoms with E-state index < -0.39 is 0 Å². The van der Waals surface area contributed by atoms with Crippen molar-refractivity contribution in [3.8, 4) is 0 Å². The van der Waals surface area contributed by atoms with Crippen molar-refractivity contribution in [1.82, 2.24) is 5.32 Å². The molecule has 0 radical (unpaired) electrons. The molecule has 1 N–H and O–H groups in total. The standard InChI is InChI=1S/C16H23NO2S/c1-13(2)9-17-10-14-8-15(19-11-14)12-18-6-5-16-4-3-7-20-16/h3-4,7-8,11,13,17H,5-6,9-10,12H2,1-2H3. The van der Waals surface area contributed by atoms with Gasteiger partial charge in [0.25, 0.3) is 0 Å². The molecule has 0 saturated carbocycles. The lowest BCUT2D eigenvalue weighted by Crippen LogP contribution is -2.18. The molecule has 0 atom stereocenters. The fourth-order valence-electron chi connectivity index (χ4n) is 1.90. The first-order valence-electron chi connectivity index (χ1n) is 7.11. The van der Waals surface area contributed by atoms with Gasteiger partial charge in [0.15, 0.2) is 0 Å². The van der Waals surface area contributed by atoms with Gasteiger partial charge in [-0.1, -0.05) is 19.9 Å². The Morgan fingerprint density at radius 2 is 2.30 bits per heavy atom. The molecular weight excluding hydrogens is 270 g/mol. The van der Waals surface area contributed by atoms with E-state index in [0.29, 0.717) is 12.5 Å². The van der Waals surface area contributed by atoms with Gasteiger partial charge >= 0.3 is 0 Å². The van der Waals surface area contributed by atoms with Crippen molar-refractivity contribution in [1.29, 1.82) is 0 Å². The van der Waals surface area contributed by atoms with Crippen LogP contribution in [0.1, 0.15) is 30.0 Å². The molecule has 0 aliphatic carbocycles. The van der Waals surface area contributed by atoms with E-state index in [2.05, 4.69) is 42.7 Å². The summed E-state index contributed by atoms with van der Waals surface area (Å²) in [5.41, 5.74) is 1.18. The Kier molecular flexibility index (Phi) is 6.30. The Morgan fingerprint density at radius 1 is 1.40 bits per heavy atom. The summed E-state index contributed by atoms with van der Waals surface area (Å²) in [5.74, 6) is 1.57. The quantitative estimate of drug-likeness (QED) is 0.713. The summed E-state index contributed by atoms with van der Waals surface area (Å²) in [6.45, 7) is 7.58. The second-order valence-electron chi connectivity index (χ2n) is 5.33. The van der Waals surface area contributed by atoms with Crippen molar-refractivity contribution >= 4 is 11.3 Å². The molecule has 2 rings (SSSR count). The minimum Gasteiger partial charge on any atom is -0.467 e. The van der Waals surface area contributed by atoms with Crippen LogP contribution in [-0.2, 0) is 24.3 Å². The van der Waals surface area contributed by atoms with Crippen molar-refractivity contribution in [3.63, 3.8) is 0 Å². The molecule has 0 fully saturated rings. The van der Waals surface area contributed by atoms with Gasteiger partial charge in [0.2, 0.25) is 0 Å². The van der Waals surface area contributed by atoms with Gasteiger partial charge < -0.3 is 14.5 Å². The Hall–Kier alpha value is -1.10. The zero-order chi connectivity index (χ0) is 14.2. The molecule has 0 spiro atoms. The van der Waals surface area contributed by atoms with Gasteiger partial charge in [-0.05, 0) is 30.0 Å². The Labute approximate surface area is 125 Å². The summed E-state index contributed by atoms with van der Waals surface area (Å²) in [7, 11) is 0. The van der Waals surface area contributed by atoms with Crippen LogP contribution in [0.15, 0.2) is 34.3 Å². The number of nitrogens with one attached hydrogen (secondary N) is 1. The third-order valence-electron chi connectivity index (χ3n) is 2.91. The summed E-state index contributed by atoms with van der Waals surface area (Å²) in [5, 5.41) is 5.50. The first-order chi connectivity index (χ1) is 9.74. The van der Waals surface area contributed by atoms with Crippen LogP contribution >= 0.6 is 11.3 Å². The molecule has 0 aliphatic heterocycles. The average molecular weight is 293 g/mol. The van der Waals surface area contributed by atoms with E-state index in [1.807, 2.05) is 6.26 Å². The SMILES string of the molecule is CC(C)CNCc1coc(COCCc2cccs2)c1. The molecule has 4 heteroatoms. The normalized spacial score (nSPS) is 11.3. The van der Waals surface area contributed by atoms with Gasteiger partial charge in [-0.2, -0.15) is 0 Å². The van der Waals surface area contributed by atoms with Crippen molar-refractivity contribution in [3.05, 3.63) is 46.0 Å². The van der Waals surface area contributed by atoms with Crippen molar-refractivity contribution in [2.24, 2.45) is 5.92 Å². The first-order valence-corrected chi connectivity index (χ1v) is 7.99. The van der Waals surface area contributed by atoms with Crippen LogP contribution in [0, 0.1) is 5.92 Å². The average Bonchev–Trinajstić information content (AvgIpc) is 3.05. The summed E-state index contributed by atoms with van der Waals surface area (Å²) in [6, 6.07) is 6.28. The van der Waals surface area contributed by atoms with Gasteiger partial charge in [0.1, 0.15) is 12.4 Å². The number of ether oxygens (including phenoxy) is 1. The number of furan rings is 1. The molecule has 2 aromatic heterocycles. The van der Waals surface area contributed by atoms with Crippen LogP contribution in [0.4, 0.5) is 0 Å². The van der Waals surface area contributed by atoms with Crippen LogP contribution in [-0.4, -0.2) is 13.2 Å². The van der Waals surface area contributed by atoms with Crippen molar-refractivity contribution in [2.75, 3.05) is 13.2 Å². The smallest absolute Gasteiger partial charge is 0.129 e. The minimum absolute atomic E-state index is 0.551. The fourth-order valence-corrected chi connectivity index (χ4v) is 2.59. The van der Waals surface area contributed by atoms with Crippen LogP contribution in [0.25, 0.3) is 0 Å². The summed E-state index contributed by atoms with van der Waals surface area (Å²) in [4.78, 5) is 1.36. The van der Waals surface area contributed by atoms with E-state index in [1.165, 1.54) is 10.4 Å².